The second-order valence-corrected chi connectivity index (χ2v) is 4.73. The summed E-state index contributed by atoms with van der Waals surface area (Å²) in [4.78, 5) is 13.2. The van der Waals surface area contributed by atoms with Crippen molar-refractivity contribution < 1.29 is 9.21 Å². The Kier molecular flexibility index (Phi) is 3.32. The summed E-state index contributed by atoms with van der Waals surface area (Å²) in [7, 11) is 2.03. The first-order valence-electron chi connectivity index (χ1n) is 5.98. The second-order valence-electron chi connectivity index (χ2n) is 4.73. The van der Waals surface area contributed by atoms with E-state index in [1.807, 2.05) is 13.1 Å². The molecule has 1 aromatic heterocycles. The Bertz CT molecular complexity index is 364. The molecule has 3 heteroatoms. The Balaban J connectivity index is 1.96. The van der Waals surface area contributed by atoms with Gasteiger partial charge in [0.25, 0.3) is 0 Å². The number of ketones is 1. The second kappa shape index (κ2) is 4.73. The molecule has 0 amide bonds. The quantitative estimate of drug-likeness (QED) is 0.732. The largest absolute Gasteiger partial charge is 0.437 e. The molecule has 1 aromatic rings. The highest BCUT2D eigenvalue weighted by atomic mass is 16.4. The highest BCUT2D eigenvalue weighted by Crippen LogP contribution is 2.27. The van der Waals surface area contributed by atoms with Gasteiger partial charge in [0.1, 0.15) is 0 Å². The first-order valence-corrected chi connectivity index (χ1v) is 5.98. The third-order valence-electron chi connectivity index (χ3n) is 3.32. The fraction of sp³-hybridized carbons (Fsp3) is 0.615. The van der Waals surface area contributed by atoms with Gasteiger partial charge in [-0.3, -0.25) is 4.79 Å². The average molecular weight is 221 g/mol. The minimum Gasteiger partial charge on any atom is -0.437 e. The molecule has 88 valence electrons. The third-order valence-corrected chi connectivity index (χ3v) is 3.32. The Morgan fingerprint density at radius 1 is 1.44 bits per heavy atom. The number of carbonyl (C=O) groups is 1. The molecule has 0 spiro atoms. The monoisotopic (exact) mass is 221 g/mol. The fourth-order valence-corrected chi connectivity index (χ4v) is 2.39. The van der Waals surface area contributed by atoms with Crippen molar-refractivity contribution in [3.8, 4) is 0 Å². The van der Waals surface area contributed by atoms with Crippen LogP contribution in [0.3, 0.4) is 0 Å². The summed E-state index contributed by atoms with van der Waals surface area (Å²) in [6, 6.07) is 3.63. The van der Waals surface area contributed by atoms with Crippen LogP contribution in [0.4, 0.5) is 5.88 Å². The van der Waals surface area contributed by atoms with Crippen molar-refractivity contribution in [2.45, 2.75) is 32.6 Å². The molecule has 0 saturated heterocycles. The minimum absolute atomic E-state index is 0.0134. The Morgan fingerprint density at radius 2 is 2.12 bits per heavy atom. The van der Waals surface area contributed by atoms with E-state index in [1.54, 1.807) is 6.07 Å². The maximum atomic E-state index is 11.1. The van der Waals surface area contributed by atoms with Gasteiger partial charge in [0.15, 0.2) is 17.4 Å². The molecule has 16 heavy (non-hydrogen) atoms. The van der Waals surface area contributed by atoms with Crippen LogP contribution in [0.25, 0.3) is 0 Å². The molecular weight excluding hydrogens is 202 g/mol. The Labute approximate surface area is 96.4 Å². The highest BCUT2D eigenvalue weighted by molar-refractivity contribution is 5.91. The summed E-state index contributed by atoms with van der Waals surface area (Å²) in [5.74, 6) is 2.03. The van der Waals surface area contributed by atoms with Gasteiger partial charge in [-0.25, -0.2) is 0 Å². The molecule has 1 fully saturated rings. The van der Waals surface area contributed by atoms with Crippen molar-refractivity contribution >= 4 is 11.7 Å². The molecule has 2 rings (SSSR count). The molecule has 3 nitrogen and oxygen atoms in total. The van der Waals surface area contributed by atoms with Crippen LogP contribution < -0.4 is 4.90 Å². The van der Waals surface area contributed by atoms with Crippen molar-refractivity contribution in [3.63, 3.8) is 0 Å². The molecule has 0 bridgehead atoms. The normalized spacial score (nSPS) is 16.6. The van der Waals surface area contributed by atoms with Crippen LogP contribution in [0.5, 0.6) is 0 Å². The molecule has 0 radical (unpaired) electrons. The van der Waals surface area contributed by atoms with E-state index < -0.39 is 0 Å². The molecule has 1 aliphatic rings. The van der Waals surface area contributed by atoms with Crippen molar-refractivity contribution in [2.24, 2.45) is 5.92 Å². The van der Waals surface area contributed by atoms with Crippen LogP contribution in [0.15, 0.2) is 16.5 Å². The lowest BCUT2D eigenvalue weighted by molar-refractivity contribution is 0.0988. The first-order chi connectivity index (χ1) is 7.66. The molecule has 1 aliphatic carbocycles. The number of hydrogen-bond acceptors (Lipinski definition) is 3. The van der Waals surface area contributed by atoms with Crippen LogP contribution in [-0.2, 0) is 0 Å². The zero-order chi connectivity index (χ0) is 11.5. The van der Waals surface area contributed by atoms with E-state index in [4.69, 9.17) is 4.42 Å². The van der Waals surface area contributed by atoms with Gasteiger partial charge in [-0.05, 0) is 24.8 Å². The molecule has 0 unspecified atom stereocenters. The number of Topliss-reactive ketones (excluding diaryl/α,β-unsaturated/α-hetero) is 1. The maximum Gasteiger partial charge on any atom is 0.196 e. The van der Waals surface area contributed by atoms with Crippen LogP contribution in [0.2, 0.25) is 0 Å². The van der Waals surface area contributed by atoms with E-state index in [0.717, 1.165) is 18.3 Å². The summed E-state index contributed by atoms with van der Waals surface area (Å²) < 4.78 is 5.49. The van der Waals surface area contributed by atoms with Gasteiger partial charge in [0, 0.05) is 26.6 Å². The third kappa shape index (κ3) is 2.46. The number of anilines is 1. The molecule has 0 atom stereocenters. The SMILES string of the molecule is CC(=O)c1ccc(N(C)CC2CCCC2)o1. The molecular formula is C13H19NO2. The Morgan fingerprint density at radius 3 is 2.69 bits per heavy atom. The van der Waals surface area contributed by atoms with E-state index in [0.29, 0.717) is 5.76 Å². The van der Waals surface area contributed by atoms with Crippen LogP contribution in [0.1, 0.15) is 43.2 Å². The predicted molar refractivity (Wildman–Crippen MR) is 63.9 cm³/mol. The summed E-state index contributed by atoms with van der Waals surface area (Å²) in [6.45, 7) is 2.56. The van der Waals surface area contributed by atoms with Crippen LogP contribution in [-0.4, -0.2) is 19.4 Å². The first kappa shape index (κ1) is 11.2. The van der Waals surface area contributed by atoms with Gasteiger partial charge in [0.2, 0.25) is 0 Å². The standard InChI is InChI=1S/C13H19NO2/c1-10(15)12-7-8-13(16-12)14(2)9-11-5-3-4-6-11/h7-8,11H,3-6,9H2,1-2H3. The van der Waals surface area contributed by atoms with Gasteiger partial charge in [-0.2, -0.15) is 0 Å². The summed E-state index contributed by atoms with van der Waals surface area (Å²) >= 11 is 0. The zero-order valence-electron chi connectivity index (χ0n) is 10.0. The maximum absolute atomic E-state index is 11.1. The lowest BCUT2D eigenvalue weighted by atomic mass is 10.1. The van der Waals surface area contributed by atoms with E-state index in [9.17, 15) is 4.79 Å². The van der Waals surface area contributed by atoms with Crippen molar-refractivity contribution in [1.29, 1.82) is 0 Å². The minimum atomic E-state index is -0.0134. The lowest BCUT2D eigenvalue weighted by Gasteiger charge is -2.20. The number of nitrogens with zero attached hydrogens (tertiary/aromatic N) is 1. The fourth-order valence-electron chi connectivity index (χ4n) is 2.39. The lowest BCUT2D eigenvalue weighted by Crippen LogP contribution is -2.23. The van der Waals surface area contributed by atoms with E-state index >= 15 is 0 Å². The van der Waals surface area contributed by atoms with Crippen molar-refractivity contribution in [3.05, 3.63) is 17.9 Å². The molecule has 1 heterocycles. The van der Waals surface area contributed by atoms with Gasteiger partial charge in [0.05, 0.1) is 0 Å². The van der Waals surface area contributed by atoms with Crippen molar-refractivity contribution in [1.82, 2.24) is 0 Å². The smallest absolute Gasteiger partial charge is 0.196 e. The predicted octanol–water partition coefficient (Wildman–Crippen LogP) is 3.11. The van der Waals surface area contributed by atoms with E-state index in [2.05, 4.69) is 4.90 Å². The molecule has 0 N–H and O–H groups in total. The Hall–Kier alpha value is -1.25. The van der Waals surface area contributed by atoms with Crippen LogP contribution in [0, 0.1) is 5.92 Å². The topological polar surface area (TPSA) is 33.5 Å². The summed E-state index contributed by atoms with van der Waals surface area (Å²) in [6.07, 6.45) is 5.36. The van der Waals surface area contributed by atoms with E-state index in [1.165, 1.54) is 32.6 Å². The van der Waals surface area contributed by atoms with Gasteiger partial charge < -0.3 is 9.32 Å². The zero-order valence-corrected chi connectivity index (χ0v) is 10.0. The number of furan rings is 1. The van der Waals surface area contributed by atoms with E-state index in [-0.39, 0.29) is 5.78 Å². The van der Waals surface area contributed by atoms with Gasteiger partial charge >= 0.3 is 0 Å². The summed E-state index contributed by atoms with van der Waals surface area (Å²) in [5.41, 5.74) is 0. The average Bonchev–Trinajstić information content (AvgIpc) is 2.86. The number of carbonyl (C=O) groups excluding carboxylic acids is 1. The van der Waals surface area contributed by atoms with Gasteiger partial charge in [-0.1, -0.05) is 12.8 Å². The number of hydrogen-bond donors (Lipinski definition) is 0. The number of rotatable bonds is 4. The molecule has 0 aliphatic heterocycles. The molecule has 0 aromatic carbocycles. The summed E-state index contributed by atoms with van der Waals surface area (Å²) in [5, 5.41) is 0. The molecule has 1 saturated carbocycles. The van der Waals surface area contributed by atoms with Crippen LogP contribution >= 0.6 is 0 Å². The van der Waals surface area contributed by atoms with Crippen molar-refractivity contribution in [2.75, 3.05) is 18.5 Å². The highest BCUT2D eigenvalue weighted by Gasteiger charge is 2.18. The van der Waals surface area contributed by atoms with Gasteiger partial charge in [-0.15, -0.1) is 0 Å².